The van der Waals surface area contributed by atoms with E-state index in [0.717, 1.165) is 59.2 Å². The number of carboxylic acids is 1. The molecule has 9 nitrogen and oxygen atoms in total. The van der Waals surface area contributed by atoms with E-state index in [1.807, 2.05) is 25.3 Å². The summed E-state index contributed by atoms with van der Waals surface area (Å²) >= 11 is 0. The van der Waals surface area contributed by atoms with E-state index in [1.165, 1.54) is 0 Å². The Morgan fingerprint density at radius 1 is 1.23 bits per heavy atom. The second-order valence-electron chi connectivity index (χ2n) is 10.5. The van der Waals surface area contributed by atoms with Crippen molar-refractivity contribution in [2.75, 3.05) is 26.8 Å². The lowest BCUT2D eigenvalue weighted by Crippen LogP contribution is -2.41. The molecule has 1 amide bonds. The molecule has 3 aromatic rings. The summed E-state index contributed by atoms with van der Waals surface area (Å²) in [6.45, 7) is 6.85. The van der Waals surface area contributed by atoms with Crippen molar-refractivity contribution in [1.82, 2.24) is 15.2 Å². The van der Waals surface area contributed by atoms with Gasteiger partial charge < -0.3 is 30.6 Å². The minimum absolute atomic E-state index is 0.0884. The second-order valence-corrected chi connectivity index (χ2v) is 10.5. The first-order valence-electron chi connectivity index (χ1n) is 14.2. The Bertz CT molecular complexity index is 1290. The number of aromatic amines is 1. The van der Waals surface area contributed by atoms with Crippen LogP contribution in [0.4, 0.5) is 0 Å². The fraction of sp³-hybridized carbons (Fsp3) is 0.484. The number of amides is 1. The van der Waals surface area contributed by atoms with Crippen LogP contribution < -0.4 is 15.8 Å². The van der Waals surface area contributed by atoms with Crippen molar-refractivity contribution < 1.29 is 24.2 Å². The number of unbranched alkanes of at least 4 members (excludes halogenated alkanes) is 1. The maximum absolute atomic E-state index is 12.9. The highest BCUT2D eigenvalue weighted by atomic mass is 16.5. The third-order valence-corrected chi connectivity index (χ3v) is 7.87. The standard InChI is InChI=1S/C31H42N4O5/c1-4-40-23-13-16-35(19-25-24-12-15-33-29(24)20(2)17-28(25)39-3)27(18-23)21-8-10-22(11-9-21)30(36)34-26(31(37)38)7-5-6-14-32/h8-12,15,17,23,26-27,33H,4-7,13-14,16,18-19,32H2,1-3H3,(H,34,36)(H,37,38)/t23-,26+,27+/m1/s1. The summed E-state index contributed by atoms with van der Waals surface area (Å²) < 4.78 is 11.8. The van der Waals surface area contributed by atoms with E-state index >= 15 is 0 Å². The summed E-state index contributed by atoms with van der Waals surface area (Å²) in [5.41, 5.74) is 10.5. The van der Waals surface area contributed by atoms with Gasteiger partial charge in [-0.05, 0) is 87.9 Å². The van der Waals surface area contributed by atoms with Crippen LogP contribution in [0.15, 0.2) is 42.6 Å². The largest absolute Gasteiger partial charge is 0.496 e. The van der Waals surface area contributed by atoms with Crippen molar-refractivity contribution in [2.24, 2.45) is 5.73 Å². The highest BCUT2D eigenvalue weighted by Crippen LogP contribution is 2.38. The number of aryl methyl sites for hydroxylation is 1. The van der Waals surface area contributed by atoms with Crippen LogP contribution in [0.1, 0.15) is 72.1 Å². The number of benzene rings is 2. The fourth-order valence-electron chi connectivity index (χ4n) is 5.74. The number of nitrogens with zero attached hydrogens (tertiary/aromatic N) is 1. The van der Waals surface area contributed by atoms with Crippen molar-refractivity contribution in [2.45, 2.75) is 70.7 Å². The number of aliphatic carboxylic acids is 1. The van der Waals surface area contributed by atoms with E-state index in [1.54, 1.807) is 19.2 Å². The molecule has 216 valence electrons. The number of H-pyrrole nitrogens is 1. The third-order valence-electron chi connectivity index (χ3n) is 7.87. The molecule has 2 heterocycles. The molecule has 40 heavy (non-hydrogen) atoms. The molecule has 1 aliphatic rings. The molecule has 1 saturated heterocycles. The number of hydrogen-bond donors (Lipinski definition) is 4. The van der Waals surface area contributed by atoms with Crippen molar-refractivity contribution in [1.29, 1.82) is 0 Å². The number of piperidine rings is 1. The number of aromatic nitrogens is 1. The zero-order chi connectivity index (χ0) is 28.6. The van der Waals surface area contributed by atoms with Crippen LogP contribution in [0, 0.1) is 6.92 Å². The Morgan fingerprint density at radius 3 is 2.67 bits per heavy atom. The predicted molar refractivity (Wildman–Crippen MR) is 156 cm³/mol. The van der Waals surface area contributed by atoms with Gasteiger partial charge >= 0.3 is 5.97 Å². The van der Waals surface area contributed by atoms with Crippen molar-refractivity contribution in [3.8, 4) is 5.75 Å². The molecule has 5 N–H and O–H groups in total. The molecule has 0 spiro atoms. The second kappa shape index (κ2) is 13.8. The van der Waals surface area contributed by atoms with Gasteiger partial charge in [-0.3, -0.25) is 9.69 Å². The number of nitrogens with two attached hydrogens (primary N) is 1. The monoisotopic (exact) mass is 550 g/mol. The van der Waals surface area contributed by atoms with Gasteiger partial charge in [0.15, 0.2) is 0 Å². The zero-order valence-corrected chi connectivity index (χ0v) is 23.7. The molecule has 1 fully saturated rings. The number of carboxylic acid groups (broad SMARTS) is 1. The molecule has 0 aliphatic carbocycles. The number of fused-ring (bicyclic) bond motifs is 1. The number of hydrogen-bond acceptors (Lipinski definition) is 6. The van der Waals surface area contributed by atoms with Gasteiger partial charge in [0.1, 0.15) is 11.8 Å². The third kappa shape index (κ3) is 6.83. The summed E-state index contributed by atoms with van der Waals surface area (Å²) in [5.74, 6) is -0.551. The summed E-state index contributed by atoms with van der Waals surface area (Å²) in [4.78, 5) is 30.3. The van der Waals surface area contributed by atoms with E-state index < -0.39 is 17.9 Å². The Morgan fingerprint density at radius 2 is 2.00 bits per heavy atom. The summed E-state index contributed by atoms with van der Waals surface area (Å²) in [7, 11) is 1.71. The van der Waals surface area contributed by atoms with E-state index in [9.17, 15) is 14.7 Å². The first-order chi connectivity index (χ1) is 19.4. The van der Waals surface area contributed by atoms with Crippen LogP contribution in [0.5, 0.6) is 5.75 Å². The summed E-state index contributed by atoms with van der Waals surface area (Å²) in [6, 6.07) is 10.9. The highest BCUT2D eigenvalue weighted by molar-refractivity contribution is 5.96. The SMILES string of the molecule is CCO[C@@H]1CCN(Cc2c(OC)cc(C)c3[nH]ccc23)[C@H](c2ccc(C(=O)N[C@@H](CCCCN)C(=O)O)cc2)C1. The van der Waals surface area contributed by atoms with E-state index in [-0.39, 0.29) is 12.1 Å². The maximum Gasteiger partial charge on any atom is 0.326 e. The Kier molecular flexibility index (Phi) is 10.2. The van der Waals surface area contributed by atoms with Crippen molar-refractivity contribution >= 4 is 22.8 Å². The van der Waals surface area contributed by atoms with Crippen LogP contribution in [0.3, 0.4) is 0 Å². The Hall–Kier alpha value is -3.40. The Balaban J connectivity index is 1.56. The van der Waals surface area contributed by atoms with Gasteiger partial charge in [-0.1, -0.05) is 12.1 Å². The van der Waals surface area contributed by atoms with Crippen LogP contribution in [0.25, 0.3) is 10.9 Å². The first kappa shape index (κ1) is 29.6. The number of likely N-dealkylation sites (tertiary alicyclic amines) is 1. The molecule has 0 radical (unpaired) electrons. The van der Waals surface area contributed by atoms with Gasteiger partial charge in [-0.15, -0.1) is 0 Å². The molecule has 1 aliphatic heterocycles. The van der Waals surface area contributed by atoms with Crippen LogP contribution in [-0.2, 0) is 16.1 Å². The average Bonchev–Trinajstić information content (AvgIpc) is 3.45. The highest BCUT2D eigenvalue weighted by Gasteiger charge is 2.31. The average molecular weight is 551 g/mol. The number of methoxy groups -OCH3 is 1. The molecular formula is C31H42N4O5. The number of carbonyl (C=O) groups excluding carboxylic acids is 1. The predicted octanol–water partition coefficient (Wildman–Crippen LogP) is 4.54. The number of rotatable bonds is 13. The molecule has 2 aromatic carbocycles. The lowest BCUT2D eigenvalue weighted by molar-refractivity contribution is -0.139. The maximum atomic E-state index is 12.9. The minimum Gasteiger partial charge on any atom is -0.496 e. The van der Waals surface area contributed by atoms with Crippen molar-refractivity contribution in [3.63, 3.8) is 0 Å². The minimum atomic E-state index is -1.04. The Labute approximate surface area is 236 Å². The fourth-order valence-corrected chi connectivity index (χ4v) is 5.74. The van der Waals surface area contributed by atoms with Gasteiger partial charge in [0.25, 0.3) is 5.91 Å². The summed E-state index contributed by atoms with van der Waals surface area (Å²) in [5, 5.41) is 13.4. The topological polar surface area (TPSA) is 130 Å². The van der Waals surface area contributed by atoms with Crippen LogP contribution >= 0.6 is 0 Å². The molecule has 1 aromatic heterocycles. The molecule has 4 rings (SSSR count). The smallest absolute Gasteiger partial charge is 0.326 e. The van der Waals surface area contributed by atoms with Gasteiger partial charge in [-0.25, -0.2) is 4.79 Å². The van der Waals surface area contributed by atoms with Crippen LogP contribution in [-0.4, -0.2) is 65.8 Å². The molecule has 3 atom stereocenters. The number of carbonyl (C=O) groups is 2. The molecule has 0 saturated carbocycles. The van der Waals surface area contributed by atoms with Crippen LogP contribution in [0.2, 0.25) is 0 Å². The normalized spacial score (nSPS) is 18.5. The lowest BCUT2D eigenvalue weighted by Gasteiger charge is -2.40. The number of nitrogens with one attached hydrogen (secondary N) is 2. The molecular weight excluding hydrogens is 508 g/mol. The van der Waals surface area contributed by atoms with E-state index in [2.05, 4.69) is 34.3 Å². The van der Waals surface area contributed by atoms with Crippen molar-refractivity contribution in [3.05, 3.63) is 64.8 Å². The molecule has 9 heteroatoms. The van der Waals surface area contributed by atoms with Gasteiger partial charge in [-0.2, -0.15) is 0 Å². The number of ether oxygens (including phenoxy) is 2. The van der Waals surface area contributed by atoms with E-state index in [4.69, 9.17) is 15.2 Å². The zero-order valence-electron chi connectivity index (χ0n) is 23.7. The molecule has 0 bridgehead atoms. The molecule has 0 unspecified atom stereocenters. The van der Waals surface area contributed by atoms with Gasteiger partial charge in [0, 0.05) is 54.0 Å². The summed E-state index contributed by atoms with van der Waals surface area (Å²) in [6.07, 6.45) is 5.62. The first-order valence-corrected chi connectivity index (χ1v) is 14.2. The van der Waals surface area contributed by atoms with Gasteiger partial charge in [0.2, 0.25) is 0 Å². The lowest BCUT2D eigenvalue weighted by atomic mass is 9.91. The van der Waals surface area contributed by atoms with E-state index in [0.29, 0.717) is 38.1 Å². The quantitative estimate of drug-likeness (QED) is 0.230. The van der Waals surface area contributed by atoms with Gasteiger partial charge in [0.05, 0.1) is 13.2 Å².